The number of nitrogens with zero attached hydrogens (tertiary/aromatic N) is 1. The van der Waals surface area contributed by atoms with Crippen molar-refractivity contribution in [2.24, 2.45) is 10.3 Å². The molecule has 0 radical (unpaired) electrons. The van der Waals surface area contributed by atoms with Crippen molar-refractivity contribution >= 4 is 17.7 Å². The molecule has 0 aliphatic heterocycles. The van der Waals surface area contributed by atoms with Crippen LogP contribution in [-0.4, -0.2) is 12.0 Å². The molecule has 0 aliphatic rings. The van der Waals surface area contributed by atoms with E-state index in [0.29, 0.717) is 5.92 Å². The summed E-state index contributed by atoms with van der Waals surface area (Å²) in [6.07, 6.45) is 3.18. The van der Waals surface area contributed by atoms with Crippen LogP contribution in [0.15, 0.2) is 4.40 Å². The van der Waals surface area contributed by atoms with Gasteiger partial charge in [0.2, 0.25) is 0 Å². The normalized spacial score (nSPS) is 15.8. The van der Waals surface area contributed by atoms with E-state index in [1.807, 2.05) is 6.26 Å². The highest BCUT2D eigenvalue weighted by Gasteiger charge is 2.00. The van der Waals surface area contributed by atoms with E-state index in [0.717, 1.165) is 0 Å². The third kappa shape index (κ3) is 3.57. The van der Waals surface area contributed by atoms with Crippen molar-refractivity contribution in [3.8, 4) is 0 Å². The molecule has 0 aromatic carbocycles. The maximum Gasteiger partial charge on any atom is 0.0259 e. The molecule has 0 heterocycles. The van der Waals surface area contributed by atoms with Crippen molar-refractivity contribution < 1.29 is 0 Å². The van der Waals surface area contributed by atoms with Crippen molar-refractivity contribution in [1.29, 1.82) is 0 Å². The number of hydrogen-bond donors (Lipinski definition) is 0. The topological polar surface area (TPSA) is 12.4 Å². The molecule has 0 saturated heterocycles. The molecular formula is C7H15NS. The van der Waals surface area contributed by atoms with E-state index in [-0.39, 0.29) is 0 Å². The van der Waals surface area contributed by atoms with Gasteiger partial charge in [-0.2, -0.15) is 0 Å². The summed E-state index contributed by atoms with van der Waals surface area (Å²) in [6, 6.07) is 0. The molecule has 0 fully saturated rings. The molecule has 0 rings (SSSR count). The first kappa shape index (κ1) is 9.02. The second-order valence-corrected chi connectivity index (χ2v) is 2.77. The van der Waals surface area contributed by atoms with Crippen LogP contribution in [0.1, 0.15) is 27.2 Å². The molecule has 0 bridgehead atoms. The Balaban J connectivity index is 3.70. The molecule has 0 N–H and O–H groups in total. The molecule has 0 spiro atoms. The van der Waals surface area contributed by atoms with Crippen LogP contribution in [-0.2, 0) is 0 Å². The lowest BCUT2D eigenvalue weighted by molar-refractivity contribution is 0.738. The summed E-state index contributed by atoms with van der Waals surface area (Å²) >= 11 is 1.54. The van der Waals surface area contributed by atoms with Gasteiger partial charge in [-0.1, -0.05) is 13.8 Å². The van der Waals surface area contributed by atoms with Gasteiger partial charge in [-0.15, -0.1) is 0 Å². The van der Waals surface area contributed by atoms with Crippen molar-refractivity contribution in [3.05, 3.63) is 0 Å². The summed E-state index contributed by atoms with van der Waals surface area (Å²) < 4.78 is 4.23. The molecule has 1 atom stereocenters. The van der Waals surface area contributed by atoms with E-state index in [1.165, 1.54) is 12.1 Å². The lowest BCUT2D eigenvalue weighted by Crippen LogP contribution is -2.03. The molecule has 54 valence electrons. The monoisotopic (exact) mass is 145 g/mol. The number of rotatable bonds is 3. The summed E-state index contributed by atoms with van der Waals surface area (Å²) in [5.74, 6) is 0.650. The zero-order valence-electron chi connectivity index (χ0n) is 6.64. The molecule has 0 aromatic rings. The van der Waals surface area contributed by atoms with E-state index in [4.69, 9.17) is 0 Å². The van der Waals surface area contributed by atoms with Crippen LogP contribution in [0.3, 0.4) is 0 Å². The first-order valence-electron chi connectivity index (χ1n) is 3.30. The van der Waals surface area contributed by atoms with Crippen LogP contribution in [0.2, 0.25) is 0 Å². The summed E-state index contributed by atoms with van der Waals surface area (Å²) in [5, 5.41) is 0. The van der Waals surface area contributed by atoms with Gasteiger partial charge in [0.1, 0.15) is 0 Å². The highest BCUT2D eigenvalue weighted by atomic mass is 32.2. The standard InChI is InChI=1S/C7H15NS/c1-5-6(2)7(3)8-9-4/h6H,5H2,1-4H3/t6-/m1/s1. The molecule has 2 heteroatoms. The Labute approximate surface area is 62.1 Å². The Bertz CT molecular complexity index is 99.1. The van der Waals surface area contributed by atoms with Gasteiger partial charge < -0.3 is 0 Å². The molecule has 0 amide bonds. The summed E-state index contributed by atoms with van der Waals surface area (Å²) in [4.78, 5) is 0. The molecule has 0 unspecified atom stereocenters. The van der Waals surface area contributed by atoms with Crippen molar-refractivity contribution in [2.45, 2.75) is 27.2 Å². The Hall–Kier alpha value is 0.0200. The highest BCUT2D eigenvalue weighted by Crippen LogP contribution is 2.06. The zero-order valence-corrected chi connectivity index (χ0v) is 7.46. The molecule has 0 aromatic heterocycles. The third-order valence-electron chi connectivity index (χ3n) is 1.56. The predicted octanol–water partition coefficient (Wildman–Crippen LogP) is 2.77. The molecular weight excluding hydrogens is 130 g/mol. The first-order valence-corrected chi connectivity index (χ1v) is 4.48. The van der Waals surface area contributed by atoms with E-state index in [1.54, 1.807) is 11.9 Å². The van der Waals surface area contributed by atoms with Gasteiger partial charge in [0.05, 0.1) is 0 Å². The predicted molar refractivity (Wildman–Crippen MR) is 46.1 cm³/mol. The van der Waals surface area contributed by atoms with Crippen LogP contribution < -0.4 is 0 Å². The minimum absolute atomic E-state index is 0.650. The highest BCUT2D eigenvalue weighted by molar-refractivity contribution is 7.97. The lowest BCUT2D eigenvalue weighted by Gasteiger charge is -2.05. The Morgan fingerprint density at radius 2 is 2.22 bits per heavy atom. The Morgan fingerprint density at radius 3 is 2.56 bits per heavy atom. The first-order chi connectivity index (χ1) is 4.22. The quantitative estimate of drug-likeness (QED) is 0.439. The van der Waals surface area contributed by atoms with Gasteiger partial charge in [-0.3, -0.25) is 0 Å². The van der Waals surface area contributed by atoms with Gasteiger partial charge in [0.15, 0.2) is 0 Å². The minimum atomic E-state index is 0.650. The average molecular weight is 145 g/mol. The van der Waals surface area contributed by atoms with Gasteiger partial charge in [-0.25, -0.2) is 4.40 Å². The summed E-state index contributed by atoms with van der Waals surface area (Å²) in [7, 11) is 0. The number of hydrogen-bond acceptors (Lipinski definition) is 2. The largest absolute Gasteiger partial charge is 0.226 e. The smallest absolute Gasteiger partial charge is 0.0259 e. The molecule has 0 saturated carbocycles. The van der Waals surface area contributed by atoms with Gasteiger partial charge in [-0.05, 0) is 31.2 Å². The van der Waals surface area contributed by atoms with Gasteiger partial charge >= 0.3 is 0 Å². The summed E-state index contributed by atoms with van der Waals surface area (Å²) in [5.41, 5.74) is 1.25. The lowest BCUT2D eigenvalue weighted by atomic mass is 10.1. The minimum Gasteiger partial charge on any atom is -0.226 e. The molecule has 0 aliphatic carbocycles. The maximum absolute atomic E-state index is 4.23. The van der Waals surface area contributed by atoms with Gasteiger partial charge in [0.25, 0.3) is 0 Å². The fourth-order valence-corrected chi connectivity index (χ4v) is 0.997. The molecule has 1 nitrogen and oxygen atoms in total. The fraction of sp³-hybridized carbons (Fsp3) is 0.857. The van der Waals surface area contributed by atoms with Crippen LogP contribution in [0, 0.1) is 5.92 Å². The summed E-state index contributed by atoms with van der Waals surface area (Å²) in [6.45, 7) is 6.48. The van der Waals surface area contributed by atoms with Gasteiger partial charge in [0, 0.05) is 12.0 Å². The van der Waals surface area contributed by atoms with E-state index in [2.05, 4.69) is 25.2 Å². The van der Waals surface area contributed by atoms with E-state index in [9.17, 15) is 0 Å². The second-order valence-electron chi connectivity index (χ2n) is 2.22. The van der Waals surface area contributed by atoms with Crippen molar-refractivity contribution in [3.63, 3.8) is 0 Å². The van der Waals surface area contributed by atoms with Crippen LogP contribution in [0.5, 0.6) is 0 Å². The van der Waals surface area contributed by atoms with Crippen LogP contribution in [0.4, 0.5) is 0 Å². The zero-order chi connectivity index (χ0) is 7.28. The Kier molecular flexibility index (Phi) is 4.87. The average Bonchev–Trinajstić information content (AvgIpc) is 1.87. The SMILES string of the molecule is CC[C@@H](C)C(C)=NSC. The van der Waals surface area contributed by atoms with E-state index < -0.39 is 0 Å². The Morgan fingerprint density at radius 1 is 1.67 bits per heavy atom. The van der Waals surface area contributed by atoms with Crippen LogP contribution >= 0.6 is 11.9 Å². The second kappa shape index (κ2) is 4.86. The maximum atomic E-state index is 4.23. The third-order valence-corrected chi connectivity index (χ3v) is 2.03. The van der Waals surface area contributed by atoms with E-state index >= 15 is 0 Å². The fourth-order valence-electron chi connectivity index (χ4n) is 0.529. The molecule has 9 heavy (non-hydrogen) atoms. The van der Waals surface area contributed by atoms with Crippen molar-refractivity contribution in [2.75, 3.05) is 6.26 Å². The van der Waals surface area contributed by atoms with Crippen molar-refractivity contribution in [1.82, 2.24) is 0 Å². The van der Waals surface area contributed by atoms with Crippen LogP contribution in [0.25, 0.3) is 0 Å².